The molecule has 1 amide bonds. The number of H-pyrrole nitrogens is 1. The van der Waals surface area contributed by atoms with Gasteiger partial charge in [0, 0.05) is 17.8 Å². The van der Waals surface area contributed by atoms with E-state index in [2.05, 4.69) is 30.6 Å². The average molecular weight is 413 g/mol. The number of aryl methyl sites for hydroxylation is 1. The molecule has 8 nitrogen and oxygen atoms in total. The molecule has 4 heterocycles. The Morgan fingerprint density at radius 2 is 2.00 bits per heavy atom. The number of fused-ring (bicyclic) bond motifs is 1. The van der Waals surface area contributed by atoms with E-state index in [9.17, 15) is 9.18 Å². The molecule has 5 aromatic rings. The molecule has 0 atom stereocenters. The van der Waals surface area contributed by atoms with Gasteiger partial charge in [-0.05, 0) is 24.6 Å². The second-order valence-electron chi connectivity index (χ2n) is 6.97. The molecule has 0 aliphatic rings. The first-order valence-corrected chi connectivity index (χ1v) is 9.47. The van der Waals surface area contributed by atoms with E-state index in [1.54, 1.807) is 6.20 Å². The van der Waals surface area contributed by atoms with Gasteiger partial charge in [-0.2, -0.15) is 5.10 Å². The van der Waals surface area contributed by atoms with Crippen LogP contribution in [-0.4, -0.2) is 35.7 Å². The van der Waals surface area contributed by atoms with Crippen LogP contribution in [0.5, 0.6) is 0 Å². The van der Waals surface area contributed by atoms with Gasteiger partial charge in [0.2, 0.25) is 0 Å². The number of aromatic amines is 1. The lowest BCUT2D eigenvalue weighted by Crippen LogP contribution is -2.15. The highest BCUT2D eigenvalue weighted by Gasteiger charge is 2.19. The monoisotopic (exact) mass is 413 g/mol. The van der Waals surface area contributed by atoms with Gasteiger partial charge in [-0.1, -0.05) is 30.3 Å². The summed E-state index contributed by atoms with van der Waals surface area (Å²) in [4.78, 5) is 21.6. The fourth-order valence-corrected chi connectivity index (χ4v) is 3.23. The molecule has 1 aromatic carbocycles. The smallest absolute Gasteiger partial charge is 0.274 e. The van der Waals surface area contributed by atoms with Crippen molar-refractivity contribution in [1.29, 1.82) is 0 Å². The predicted molar refractivity (Wildman–Crippen MR) is 113 cm³/mol. The van der Waals surface area contributed by atoms with Crippen LogP contribution in [0.1, 0.15) is 16.1 Å². The molecule has 9 heteroatoms. The summed E-state index contributed by atoms with van der Waals surface area (Å²) in [6.45, 7) is 1.93. The second kappa shape index (κ2) is 7.45. The van der Waals surface area contributed by atoms with Crippen LogP contribution < -0.4 is 5.32 Å². The standard InChI is InChI=1S/C22H16FN7O/c1-13-7-8-24-17(9-13)15-11-25-28-20(15)22(31)26-18-10-19-27-21(14-5-3-2-4-6-14)29-30(19)12-16(18)23/h2-12H,1H3,(H,25,28)(H,26,31). The maximum Gasteiger partial charge on any atom is 0.274 e. The first-order chi connectivity index (χ1) is 15.1. The number of carbonyl (C=O) groups is 1. The highest BCUT2D eigenvalue weighted by Crippen LogP contribution is 2.24. The summed E-state index contributed by atoms with van der Waals surface area (Å²) < 4.78 is 16.0. The zero-order valence-corrected chi connectivity index (χ0v) is 16.4. The third-order valence-corrected chi connectivity index (χ3v) is 4.76. The minimum absolute atomic E-state index is 0.0118. The van der Waals surface area contributed by atoms with Gasteiger partial charge in [0.15, 0.2) is 17.3 Å². The molecule has 0 radical (unpaired) electrons. The summed E-state index contributed by atoms with van der Waals surface area (Å²) in [7, 11) is 0. The lowest BCUT2D eigenvalue weighted by molar-refractivity contribution is 0.102. The molecular weight excluding hydrogens is 397 g/mol. The molecule has 152 valence electrons. The summed E-state index contributed by atoms with van der Waals surface area (Å²) >= 11 is 0. The van der Waals surface area contributed by atoms with Crippen molar-refractivity contribution in [3.05, 3.63) is 84.2 Å². The van der Waals surface area contributed by atoms with Crippen molar-refractivity contribution in [1.82, 2.24) is 29.8 Å². The predicted octanol–water partition coefficient (Wildman–Crippen LogP) is 3.88. The van der Waals surface area contributed by atoms with Crippen LogP contribution in [0.25, 0.3) is 28.3 Å². The molecule has 4 aromatic heterocycles. The molecule has 0 saturated carbocycles. The zero-order valence-electron chi connectivity index (χ0n) is 16.4. The molecule has 0 spiro atoms. The van der Waals surface area contributed by atoms with E-state index < -0.39 is 11.7 Å². The van der Waals surface area contributed by atoms with E-state index >= 15 is 0 Å². The molecule has 0 bridgehead atoms. The zero-order chi connectivity index (χ0) is 21.4. The summed E-state index contributed by atoms with van der Waals surface area (Å²) in [6.07, 6.45) is 4.35. The van der Waals surface area contributed by atoms with Crippen LogP contribution in [0.15, 0.2) is 67.1 Å². The fraction of sp³-hybridized carbons (Fsp3) is 0.0455. The van der Waals surface area contributed by atoms with Crippen molar-refractivity contribution in [3.63, 3.8) is 0 Å². The Kier molecular flexibility index (Phi) is 4.47. The van der Waals surface area contributed by atoms with Gasteiger partial charge in [0.05, 0.1) is 29.3 Å². The largest absolute Gasteiger partial charge is 0.318 e. The Morgan fingerprint density at radius 1 is 1.16 bits per heavy atom. The van der Waals surface area contributed by atoms with Gasteiger partial charge in [-0.3, -0.25) is 14.9 Å². The molecule has 31 heavy (non-hydrogen) atoms. The van der Waals surface area contributed by atoms with Crippen LogP contribution in [0.2, 0.25) is 0 Å². The molecule has 5 rings (SSSR count). The molecule has 0 aliphatic carbocycles. The number of rotatable bonds is 4. The van der Waals surface area contributed by atoms with E-state index in [0.29, 0.717) is 22.7 Å². The number of pyridine rings is 2. The number of amides is 1. The van der Waals surface area contributed by atoms with Gasteiger partial charge < -0.3 is 5.32 Å². The van der Waals surface area contributed by atoms with Crippen molar-refractivity contribution in [2.45, 2.75) is 6.92 Å². The number of halogens is 1. The van der Waals surface area contributed by atoms with E-state index in [0.717, 1.165) is 11.1 Å². The van der Waals surface area contributed by atoms with Crippen LogP contribution >= 0.6 is 0 Å². The van der Waals surface area contributed by atoms with E-state index in [1.807, 2.05) is 49.4 Å². The van der Waals surface area contributed by atoms with E-state index in [1.165, 1.54) is 23.0 Å². The van der Waals surface area contributed by atoms with Crippen molar-refractivity contribution < 1.29 is 9.18 Å². The van der Waals surface area contributed by atoms with E-state index in [4.69, 9.17) is 0 Å². The number of hydrogen-bond donors (Lipinski definition) is 2. The fourth-order valence-electron chi connectivity index (χ4n) is 3.23. The van der Waals surface area contributed by atoms with Crippen molar-refractivity contribution in [3.8, 4) is 22.6 Å². The van der Waals surface area contributed by atoms with E-state index in [-0.39, 0.29) is 11.4 Å². The molecular formula is C22H16FN7O. The number of aromatic nitrogens is 6. The number of nitrogens with one attached hydrogen (secondary N) is 2. The van der Waals surface area contributed by atoms with Crippen molar-refractivity contribution >= 4 is 17.2 Å². The topological polar surface area (TPSA) is 101 Å². The third kappa shape index (κ3) is 3.52. The minimum Gasteiger partial charge on any atom is -0.318 e. The first kappa shape index (κ1) is 18.6. The molecule has 2 N–H and O–H groups in total. The SMILES string of the molecule is Cc1ccnc(-c2cn[nH]c2C(=O)Nc2cc3nc(-c4ccccc4)nn3cc2F)c1. The van der Waals surface area contributed by atoms with Gasteiger partial charge in [-0.15, -0.1) is 5.10 Å². The Bertz CT molecular complexity index is 1410. The summed E-state index contributed by atoms with van der Waals surface area (Å²) in [5.74, 6) is -0.716. The first-order valence-electron chi connectivity index (χ1n) is 9.47. The number of anilines is 1. The number of hydrogen-bond acceptors (Lipinski definition) is 5. The quantitative estimate of drug-likeness (QED) is 0.466. The Hall–Kier alpha value is -4.40. The van der Waals surface area contributed by atoms with Crippen LogP contribution in [0.3, 0.4) is 0 Å². The minimum atomic E-state index is -0.639. The van der Waals surface area contributed by atoms with Gasteiger partial charge >= 0.3 is 0 Å². The van der Waals surface area contributed by atoms with Crippen LogP contribution in [0.4, 0.5) is 10.1 Å². The average Bonchev–Trinajstić information content (AvgIpc) is 3.42. The maximum absolute atomic E-state index is 14.7. The van der Waals surface area contributed by atoms with Gasteiger partial charge in [-0.25, -0.2) is 13.9 Å². The van der Waals surface area contributed by atoms with Gasteiger partial charge in [0.25, 0.3) is 5.91 Å². The molecule has 0 aliphatic heterocycles. The molecule has 0 fully saturated rings. The highest BCUT2D eigenvalue weighted by molar-refractivity contribution is 6.07. The highest BCUT2D eigenvalue weighted by atomic mass is 19.1. The summed E-state index contributed by atoms with van der Waals surface area (Å²) in [5, 5.41) is 13.5. The normalized spacial score (nSPS) is 11.0. The number of benzene rings is 1. The summed E-state index contributed by atoms with van der Waals surface area (Å²) in [5.41, 5.74) is 3.50. The second-order valence-corrected chi connectivity index (χ2v) is 6.97. The van der Waals surface area contributed by atoms with Crippen molar-refractivity contribution in [2.75, 3.05) is 5.32 Å². The van der Waals surface area contributed by atoms with Crippen LogP contribution in [0, 0.1) is 12.7 Å². The lowest BCUT2D eigenvalue weighted by Gasteiger charge is -2.07. The summed E-state index contributed by atoms with van der Waals surface area (Å²) in [6, 6.07) is 14.5. The Balaban J connectivity index is 1.46. The van der Waals surface area contributed by atoms with Crippen LogP contribution in [-0.2, 0) is 0 Å². The molecule has 0 unspecified atom stereocenters. The maximum atomic E-state index is 14.7. The van der Waals surface area contributed by atoms with Crippen molar-refractivity contribution in [2.24, 2.45) is 0 Å². The lowest BCUT2D eigenvalue weighted by atomic mass is 10.1. The molecule has 0 saturated heterocycles. The van der Waals surface area contributed by atoms with Gasteiger partial charge in [0.1, 0.15) is 5.69 Å². The Morgan fingerprint density at radius 3 is 2.81 bits per heavy atom. The third-order valence-electron chi connectivity index (χ3n) is 4.76. The number of nitrogens with zero attached hydrogens (tertiary/aromatic N) is 5. The number of carbonyl (C=O) groups excluding carboxylic acids is 1. The Labute approximate surface area is 175 Å².